The molecule has 0 aliphatic carbocycles. The lowest BCUT2D eigenvalue weighted by Crippen LogP contribution is -2.42. The lowest BCUT2D eigenvalue weighted by atomic mass is 10.1. The van der Waals surface area contributed by atoms with E-state index in [-0.39, 0.29) is 18.9 Å². The fraction of sp³-hybridized carbons (Fsp3) is 0.667. The molecule has 1 saturated heterocycles. The first kappa shape index (κ1) is 11.0. The van der Waals surface area contributed by atoms with Gasteiger partial charge in [-0.1, -0.05) is 0 Å². The van der Waals surface area contributed by atoms with Crippen molar-refractivity contribution in [3.05, 3.63) is 5.92 Å². The number of aliphatic hydroxyl groups excluding tert-OH is 1. The van der Waals surface area contributed by atoms with E-state index in [1.54, 1.807) is 13.8 Å². The molecule has 0 aromatic carbocycles. The number of carboxylic acid groups (broad SMARTS) is 1. The third kappa shape index (κ3) is 2.04. The number of carbonyl (C=O) groups is 2. The summed E-state index contributed by atoms with van der Waals surface area (Å²) in [7, 11) is 0. The summed E-state index contributed by atoms with van der Waals surface area (Å²) in [6.07, 6.45) is -0.603. The summed E-state index contributed by atoms with van der Waals surface area (Å²) < 4.78 is 0. The fourth-order valence-electron chi connectivity index (χ4n) is 1.56. The van der Waals surface area contributed by atoms with Gasteiger partial charge in [0, 0.05) is 13.0 Å². The highest BCUT2D eigenvalue weighted by molar-refractivity contribution is 5.92. The van der Waals surface area contributed by atoms with E-state index < -0.39 is 18.1 Å². The zero-order valence-electron chi connectivity index (χ0n) is 8.23. The number of nitrogens with zero attached hydrogens (tertiary/aromatic N) is 1. The Bertz CT molecular complexity index is 251. The smallest absolute Gasteiger partial charge is 0.326 e. The molecule has 79 valence electrons. The third-order valence-electron chi connectivity index (χ3n) is 2.25. The number of likely N-dealkylation sites (tertiary alicyclic amines) is 1. The minimum Gasteiger partial charge on any atom is -0.480 e. The maximum absolute atomic E-state index is 11.5. The van der Waals surface area contributed by atoms with Crippen LogP contribution in [-0.4, -0.2) is 45.7 Å². The Balaban J connectivity index is 2.76. The zero-order chi connectivity index (χ0) is 10.9. The summed E-state index contributed by atoms with van der Waals surface area (Å²) >= 11 is 0. The monoisotopic (exact) mass is 200 g/mol. The van der Waals surface area contributed by atoms with Crippen LogP contribution in [0.2, 0.25) is 0 Å². The molecule has 2 atom stereocenters. The second-order valence-corrected chi connectivity index (χ2v) is 3.70. The number of β-amino-alcohol motifs (C(OH)–C–C–N with tert-alkyl or cyclic N) is 1. The summed E-state index contributed by atoms with van der Waals surface area (Å²) in [6, 6.07) is -0.882. The van der Waals surface area contributed by atoms with Crippen LogP contribution in [0.1, 0.15) is 20.3 Å². The van der Waals surface area contributed by atoms with Gasteiger partial charge in [0.25, 0.3) is 0 Å². The van der Waals surface area contributed by atoms with E-state index in [1.165, 1.54) is 4.90 Å². The maximum atomic E-state index is 11.5. The zero-order valence-corrected chi connectivity index (χ0v) is 8.23. The predicted molar refractivity (Wildman–Crippen MR) is 48.4 cm³/mol. The van der Waals surface area contributed by atoms with Crippen LogP contribution in [0, 0.1) is 5.92 Å². The molecule has 5 nitrogen and oxygen atoms in total. The molecule has 1 aliphatic heterocycles. The van der Waals surface area contributed by atoms with Crippen molar-refractivity contribution >= 4 is 11.9 Å². The van der Waals surface area contributed by atoms with Gasteiger partial charge >= 0.3 is 5.97 Å². The van der Waals surface area contributed by atoms with Crippen molar-refractivity contribution in [1.82, 2.24) is 4.90 Å². The molecule has 0 saturated carbocycles. The van der Waals surface area contributed by atoms with Crippen molar-refractivity contribution in [2.75, 3.05) is 6.54 Å². The van der Waals surface area contributed by atoms with Gasteiger partial charge in [0.05, 0.1) is 12.0 Å². The number of amides is 1. The molecule has 14 heavy (non-hydrogen) atoms. The number of carboxylic acids is 1. The first-order valence-electron chi connectivity index (χ1n) is 4.45. The lowest BCUT2D eigenvalue weighted by Gasteiger charge is -2.22. The predicted octanol–water partition coefficient (Wildman–Crippen LogP) is -0.353. The molecule has 0 bridgehead atoms. The van der Waals surface area contributed by atoms with Crippen LogP contribution in [0.5, 0.6) is 0 Å². The fourth-order valence-corrected chi connectivity index (χ4v) is 1.56. The van der Waals surface area contributed by atoms with Gasteiger partial charge in [-0.25, -0.2) is 4.79 Å². The third-order valence-corrected chi connectivity index (χ3v) is 2.25. The average molecular weight is 200 g/mol. The van der Waals surface area contributed by atoms with Crippen LogP contribution in [-0.2, 0) is 9.59 Å². The second-order valence-electron chi connectivity index (χ2n) is 3.70. The lowest BCUT2D eigenvalue weighted by molar-refractivity contribution is -0.147. The number of rotatable bonds is 2. The first-order valence-corrected chi connectivity index (χ1v) is 4.45. The number of carbonyl (C=O) groups excluding carboxylic acids is 1. The van der Waals surface area contributed by atoms with Crippen molar-refractivity contribution in [2.24, 2.45) is 0 Å². The van der Waals surface area contributed by atoms with E-state index in [4.69, 9.17) is 5.11 Å². The molecule has 1 heterocycles. The van der Waals surface area contributed by atoms with Crippen LogP contribution in [0.4, 0.5) is 0 Å². The Hall–Kier alpha value is -1.10. The molecular weight excluding hydrogens is 186 g/mol. The molecule has 2 unspecified atom stereocenters. The van der Waals surface area contributed by atoms with Crippen LogP contribution < -0.4 is 0 Å². The minimum absolute atomic E-state index is 0.112. The van der Waals surface area contributed by atoms with Crippen molar-refractivity contribution in [2.45, 2.75) is 32.4 Å². The molecule has 0 aromatic heterocycles. The second kappa shape index (κ2) is 3.96. The molecular formula is C9H14NO4. The van der Waals surface area contributed by atoms with Gasteiger partial charge in [-0.05, 0) is 13.8 Å². The van der Waals surface area contributed by atoms with Gasteiger partial charge < -0.3 is 15.1 Å². The Kier molecular flexibility index (Phi) is 3.10. The van der Waals surface area contributed by atoms with E-state index in [0.717, 1.165) is 0 Å². The maximum Gasteiger partial charge on any atom is 0.326 e. The van der Waals surface area contributed by atoms with Crippen LogP contribution in [0.15, 0.2) is 0 Å². The normalized spacial score (nSPS) is 27.0. The van der Waals surface area contributed by atoms with Gasteiger partial charge in [0.1, 0.15) is 6.04 Å². The molecule has 1 rings (SSSR count). The molecule has 1 aliphatic rings. The van der Waals surface area contributed by atoms with E-state index in [0.29, 0.717) is 5.92 Å². The molecule has 1 fully saturated rings. The van der Waals surface area contributed by atoms with E-state index in [9.17, 15) is 14.7 Å². The SMILES string of the molecule is C[C](C)C(=O)N1CC(O)CC1C(=O)O. The summed E-state index contributed by atoms with van der Waals surface area (Å²) in [5.74, 6) is -0.824. The Morgan fingerprint density at radius 2 is 1.93 bits per heavy atom. The average Bonchev–Trinajstić information content (AvgIpc) is 2.45. The van der Waals surface area contributed by atoms with Crippen molar-refractivity contribution in [1.29, 1.82) is 0 Å². The molecule has 1 amide bonds. The van der Waals surface area contributed by atoms with Crippen LogP contribution in [0.25, 0.3) is 0 Å². The first-order chi connectivity index (χ1) is 6.43. The Labute approximate surface area is 82.3 Å². The summed E-state index contributed by atoms with van der Waals surface area (Å²) in [6.45, 7) is 3.37. The highest BCUT2D eigenvalue weighted by atomic mass is 16.4. The highest BCUT2D eigenvalue weighted by Gasteiger charge is 2.39. The number of hydrogen-bond donors (Lipinski definition) is 2. The van der Waals surface area contributed by atoms with Gasteiger partial charge in [0.15, 0.2) is 0 Å². The van der Waals surface area contributed by atoms with Crippen molar-refractivity contribution in [3.63, 3.8) is 0 Å². The standard InChI is InChI=1S/C9H14NO4/c1-5(2)8(12)10-4-6(11)3-7(10)9(13)14/h6-7,11H,3-4H2,1-2H3,(H,13,14). The van der Waals surface area contributed by atoms with Crippen molar-refractivity contribution in [3.8, 4) is 0 Å². The molecule has 0 spiro atoms. The number of hydrogen-bond acceptors (Lipinski definition) is 3. The Morgan fingerprint density at radius 1 is 1.36 bits per heavy atom. The summed E-state index contributed by atoms with van der Waals surface area (Å²) in [4.78, 5) is 23.5. The van der Waals surface area contributed by atoms with Gasteiger partial charge in [-0.15, -0.1) is 0 Å². The van der Waals surface area contributed by atoms with Gasteiger partial charge in [-0.2, -0.15) is 0 Å². The summed E-state index contributed by atoms with van der Waals surface area (Å²) in [5.41, 5.74) is 0. The Morgan fingerprint density at radius 3 is 2.36 bits per heavy atom. The van der Waals surface area contributed by atoms with Crippen molar-refractivity contribution < 1.29 is 19.8 Å². The number of aliphatic hydroxyl groups is 1. The van der Waals surface area contributed by atoms with Gasteiger partial charge in [0.2, 0.25) is 5.91 Å². The number of aliphatic carboxylic acids is 1. The van der Waals surface area contributed by atoms with E-state index in [1.807, 2.05) is 0 Å². The topological polar surface area (TPSA) is 77.8 Å². The quantitative estimate of drug-likeness (QED) is 0.638. The van der Waals surface area contributed by atoms with Crippen LogP contribution >= 0.6 is 0 Å². The van der Waals surface area contributed by atoms with Gasteiger partial charge in [-0.3, -0.25) is 4.79 Å². The van der Waals surface area contributed by atoms with E-state index >= 15 is 0 Å². The minimum atomic E-state index is -1.06. The van der Waals surface area contributed by atoms with Crippen LogP contribution in [0.3, 0.4) is 0 Å². The largest absolute Gasteiger partial charge is 0.480 e. The van der Waals surface area contributed by atoms with E-state index in [2.05, 4.69) is 0 Å². The molecule has 1 radical (unpaired) electrons. The summed E-state index contributed by atoms with van der Waals surface area (Å²) in [5, 5.41) is 18.1. The molecule has 2 N–H and O–H groups in total. The molecule has 5 heteroatoms. The highest BCUT2D eigenvalue weighted by Crippen LogP contribution is 2.20. The molecule has 0 aromatic rings.